The van der Waals surface area contributed by atoms with Gasteiger partial charge >= 0.3 is 0 Å². The van der Waals surface area contributed by atoms with Gasteiger partial charge in [0.2, 0.25) is 5.09 Å². The summed E-state index contributed by atoms with van der Waals surface area (Å²) in [5.41, 5.74) is 8.30. The molecule has 3 rings (SSSR count). The standard InChI is InChI=1S/C15H17N3O4S/c1-17-23(20,21)14-8-7-13(22-14)15(19)18-9-3-4-10-11(16)5-2-6-12(10)18/h2,5-8,17H,3-4,9,16H2,1H3. The second kappa shape index (κ2) is 5.71. The third kappa shape index (κ3) is 2.71. The molecule has 0 bridgehead atoms. The van der Waals surface area contributed by atoms with Gasteiger partial charge in [0, 0.05) is 17.9 Å². The first-order chi connectivity index (χ1) is 10.9. The van der Waals surface area contributed by atoms with Crippen LogP contribution >= 0.6 is 0 Å². The molecule has 0 aliphatic carbocycles. The number of anilines is 2. The lowest BCUT2D eigenvalue weighted by Crippen LogP contribution is -2.35. The minimum Gasteiger partial charge on any atom is -0.438 e. The van der Waals surface area contributed by atoms with Gasteiger partial charge in [-0.1, -0.05) is 6.07 Å². The lowest BCUT2D eigenvalue weighted by atomic mass is 9.99. The smallest absolute Gasteiger partial charge is 0.294 e. The van der Waals surface area contributed by atoms with Crippen LogP contribution in [-0.4, -0.2) is 27.9 Å². The summed E-state index contributed by atoms with van der Waals surface area (Å²) in [7, 11) is -2.44. The molecule has 8 heteroatoms. The molecule has 0 saturated heterocycles. The van der Waals surface area contributed by atoms with E-state index in [1.54, 1.807) is 17.0 Å². The largest absolute Gasteiger partial charge is 0.438 e. The van der Waals surface area contributed by atoms with Crippen LogP contribution in [0.5, 0.6) is 0 Å². The Morgan fingerprint density at radius 1 is 1.30 bits per heavy atom. The molecule has 1 aliphatic heterocycles. The minimum atomic E-state index is -3.72. The summed E-state index contributed by atoms with van der Waals surface area (Å²) in [6.45, 7) is 0.532. The maximum Gasteiger partial charge on any atom is 0.294 e. The zero-order valence-electron chi connectivity index (χ0n) is 12.6. The first-order valence-electron chi connectivity index (χ1n) is 7.16. The number of amides is 1. The molecule has 0 fully saturated rings. The normalized spacial score (nSPS) is 14.6. The molecule has 2 aromatic rings. The number of sulfonamides is 1. The van der Waals surface area contributed by atoms with E-state index >= 15 is 0 Å². The van der Waals surface area contributed by atoms with Crippen LogP contribution in [0.3, 0.4) is 0 Å². The van der Waals surface area contributed by atoms with Crippen LogP contribution in [0.2, 0.25) is 0 Å². The van der Waals surface area contributed by atoms with E-state index in [2.05, 4.69) is 4.72 Å². The van der Waals surface area contributed by atoms with E-state index in [9.17, 15) is 13.2 Å². The molecule has 1 aromatic carbocycles. The second-order valence-electron chi connectivity index (χ2n) is 5.23. The van der Waals surface area contributed by atoms with Crippen molar-refractivity contribution in [2.45, 2.75) is 17.9 Å². The molecule has 7 nitrogen and oxygen atoms in total. The number of hydrogen-bond acceptors (Lipinski definition) is 5. The zero-order chi connectivity index (χ0) is 16.6. The highest BCUT2D eigenvalue weighted by atomic mass is 32.2. The van der Waals surface area contributed by atoms with Gasteiger partial charge in [0.1, 0.15) is 0 Å². The van der Waals surface area contributed by atoms with Gasteiger partial charge < -0.3 is 15.1 Å². The highest BCUT2D eigenvalue weighted by Crippen LogP contribution is 2.32. The molecule has 0 unspecified atom stereocenters. The molecule has 0 spiro atoms. The Morgan fingerprint density at radius 2 is 2.09 bits per heavy atom. The van der Waals surface area contributed by atoms with Gasteiger partial charge in [0.05, 0.1) is 0 Å². The molecular weight excluding hydrogens is 318 g/mol. The topological polar surface area (TPSA) is 106 Å². The summed E-state index contributed by atoms with van der Waals surface area (Å²) in [5, 5.41) is -0.284. The summed E-state index contributed by atoms with van der Waals surface area (Å²) >= 11 is 0. The average Bonchev–Trinajstić information content (AvgIpc) is 3.05. The maximum absolute atomic E-state index is 12.7. The fourth-order valence-electron chi connectivity index (χ4n) is 2.68. The molecule has 1 amide bonds. The Balaban J connectivity index is 1.96. The molecule has 122 valence electrons. The average molecular weight is 335 g/mol. The minimum absolute atomic E-state index is 0.0194. The van der Waals surface area contributed by atoms with Crippen LogP contribution < -0.4 is 15.4 Å². The number of nitrogens with one attached hydrogen (secondary N) is 1. The van der Waals surface area contributed by atoms with Crippen LogP contribution in [-0.2, 0) is 16.4 Å². The summed E-state index contributed by atoms with van der Waals surface area (Å²) in [6, 6.07) is 8.06. The van der Waals surface area contributed by atoms with Crippen LogP contribution in [0.25, 0.3) is 0 Å². The van der Waals surface area contributed by atoms with Crippen molar-refractivity contribution in [3.05, 3.63) is 41.7 Å². The van der Waals surface area contributed by atoms with Gasteiger partial charge in [-0.2, -0.15) is 0 Å². The van der Waals surface area contributed by atoms with Crippen molar-refractivity contribution < 1.29 is 17.6 Å². The fraction of sp³-hybridized carbons (Fsp3) is 0.267. The van der Waals surface area contributed by atoms with E-state index < -0.39 is 10.0 Å². The summed E-state index contributed by atoms with van der Waals surface area (Å²) in [4.78, 5) is 14.3. The van der Waals surface area contributed by atoms with Crippen molar-refractivity contribution in [2.24, 2.45) is 0 Å². The molecule has 3 N–H and O–H groups in total. The van der Waals surface area contributed by atoms with E-state index in [0.717, 1.165) is 24.1 Å². The SMILES string of the molecule is CNS(=O)(=O)c1ccc(C(=O)N2CCCc3c(N)cccc32)o1. The highest BCUT2D eigenvalue weighted by Gasteiger charge is 2.28. The number of carbonyl (C=O) groups is 1. The summed E-state index contributed by atoms with van der Waals surface area (Å²) in [5.74, 6) is -0.400. The molecule has 2 heterocycles. The van der Waals surface area contributed by atoms with E-state index in [1.807, 2.05) is 6.07 Å². The first-order valence-corrected chi connectivity index (χ1v) is 8.65. The fourth-order valence-corrected chi connectivity index (χ4v) is 3.32. The van der Waals surface area contributed by atoms with Gasteiger partial charge in [-0.05, 0) is 49.7 Å². The monoisotopic (exact) mass is 335 g/mol. The van der Waals surface area contributed by atoms with Crippen LogP contribution in [0.1, 0.15) is 22.5 Å². The third-order valence-electron chi connectivity index (χ3n) is 3.86. The molecule has 1 aliphatic rings. The molecule has 0 radical (unpaired) electrons. The molecule has 0 saturated carbocycles. The quantitative estimate of drug-likeness (QED) is 0.824. The Hall–Kier alpha value is -2.32. The number of nitrogens with zero attached hydrogens (tertiary/aromatic N) is 1. The zero-order valence-corrected chi connectivity index (χ0v) is 13.4. The van der Waals surface area contributed by atoms with Gasteiger partial charge in [-0.15, -0.1) is 0 Å². The Kier molecular flexibility index (Phi) is 3.87. The highest BCUT2D eigenvalue weighted by molar-refractivity contribution is 7.89. The number of nitrogens with two attached hydrogens (primary N) is 1. The van der Waals surface area contributed by atoms with Gasteiger partial charge in [-0.3, -0.25) is 4.79 Å². The number of nitrogen functional groups attached to an aromatic ring is 1. The lowest BCUT2D eigenvalue weighted by molar-refractivity contribution is 0.0953. The first kappa shape index (κ1) is 15.6. The predicted molar refractivity (Wildman–Crippen MR) is 85.8 cm³/mol. The van der Waals surface area contributed by atoms with E-state index in [-0.39, 0.29) is 16.8 Å². The third-order valence-corrected chi connectivity index (χ3v) is 5.14. The van der Waals surface area contributed by atoms with Crippen molar-refractivity contribution >= 4 is 27.3 Å². The molecule has 0 atom stereocenters. The lowest BCUT2D eigenvalue weighted by Gasteiger charge is -2.29. The van der Waals surface area contributed by atoms with Crippen LogP contribution in [0, 0.1) is 0 Å². The molecule has 23 heavy (non-hydrogen) atoms. The van der Waals surface area contributed by atoms with Crippen LogP contribution in [0.4, 0.5) is 11.4 Å². The van der Waals surface area contributed by atoms with E-state index in [4.69, 9.17) is 10.2 Å². The van der Waals surface area contributed by atoms with Crippen LogP contribution in [0.15, 0.2) is 39.8 Å². The van der Waals surface area contributed by atoms with Crippen molar-refractivity contribution in [1.82, 2.24) is 4.72 Å². The van der Waals surface area contributed by atoms with Crippen molar-refractivity contribution in [3.63, 3.8) is 0 Å². The summed E-state index contributed by atoms with van der Waals surface area (Å²) < 4.78 is 30.8. The van der Waals surface area contributed by atoms with Crippen molar-refractivity contribution in [3.8, 4) is 0 Å². The predicted octanol–water partition coefficient (Wildman–Crippen LogP) is 1.36. The second-order valence-corrected chi connectivity index (χ2v) is 7.05. The number of hydrogen-bond donors (Lipinski definition) is 2. The Bertz CT molecular complexity index is 857. The van der Waals surface area contributed by atoms with Crippen molar-refractivity contribution in [1.29, 1.82) is 0 Å². The number of carbonyl (C=O) groups excluding carboxylic acids is 1. The van der Waals surface area contributed by atoms with Crippen molar-refractivity contribution in [2.75, 3.05) is 24.2 Å². The van der Waals surface area contributed by atoms with E-state index in [1.165, 1.54) is 19.2 Å². The maximum atomic E-state index is 12.7. The molecule has 1 aromatic heterocycles. The summed E-state index contributed by atoms with van der Waals surface area (Å²) in [6.07, 6.45) is 1.60. The number of rotatable bonds is 3. The van der Waals surface area contributed by atoms with Gasteiger partial charge in [0.25, 0.3) is 15.9 Å². The molecular formula is C15H17N3O4S. The van der Waals surface area contributed by atoms with Gasteiger partial charge in [0.15, 0.2) is 5.76 Å². The Labute approximate surface area is 134 Å². The number of furan rings is 1. The van der Waals surface area contributed by atoms with Gasteiger partial charge in [-0.25, -0.2) is 13.1 Å². The Morgan fingerprint density at radius 3 is 2.83 bits per heavy atom. The van der Waals surface area contributed by atoms with E-state index in [0.29, 0.717) is 12.2 Å². The number of benzene rings is 1. The number of fused-ring (bicyclic) bond motifs is 1.